The van der Waals surface area contributed by atoms with Crippen LogP contribution in [0.15, 0.2) is 42.5 Å². The zero-order valence-electron chi connectivity index (χ0n) is 16.6. The summed E-state index contributed by atoms with van der Waals surface area (Å²) in [5.41, 5.74) is 7.32. The highest BCUT2D eigenvalue weighted by atomic mass is 14.1. The zero-order chi connectivity index (χ0) is 17.9. The van der Waals surface area contributed by atoms with Crippen molar-refractivity contribution in [1.29, 1.82) is 0 Å². The van der Waals surface area contributed by atoms with E-state index in [2.05, 4.69) is 63.2 Å². The summed E-state index contributed by atoms with van der Waals surface area (Å²) < 4.78 is 0. The van der Waals surface area contributed by atoms with Gasteiger partial charge in [-0.1, -0.05) is 87.9 Å². The third-order valence-electron chi connectivity index (χ3n) is 5.49. The van der Waals surface area contributed by atoms with Gasteiger partial charge in [-0.3, -0.25) is 0 Å². The average Bonchev–Trinajstić information content (AvgIpc) is 2.63. The van der Waals surface area contributed by atoms with Crippen molar-refractivity contribution in [2.24, 2.45) is 0 Å². The maximum Gasteiger partial charge on any atom is -0.0236 e. The Balaban J connectivity index is 1.70. The zero-order valence-corrected chi connectivity index (χ0v) is 16.6. The molecule has 136 valence electrons. The van der Waals surface area contributed by atoms with Gasteiger partial charge in [0.2, 0.25) is 0 Å². The third-order valence-corrected chi connectivity index (χ3v) is 5.49. The van der Waals surface area contributed by atoms with Gasteiger partial charge in [-0.2, -0.15) is 0 Å². The molecule has 0 aromatic heterocycles. The molecule has 0 radical (unpaired) electrons. The van der Waals surface area contributed by atoms with Gasteiger partial charge in [0, 0.05) is 0 Å². The summed E-state index contributed by atoms with van der Waals surface area (Å²) in [7, 11) is 0. The predicted octanol–water partition coefficient (Wildman–Crippen LogP) is 7.38. The SMILES string of the molecule is CCCCCCCCCc1ccc(CCc2cccc(C)c2C)cc1. The second kappa shape index (κ2) is 11.1. The van der Waals surface area contributed by atoms with E-state index in [9.17, 15) is 0 Å². The fourth-order valence-corrected chi connectivity index (χ4v) is 3.52. The molecule has 0 saturated heterocycles. The molecule has 0 amide bonds. The van der Waals surface area contributed by atoms with Crippen LogP contribution in [-0.2, 0) is 19.3 Å². The van der Waals surface area contributed by atoms with Gasteiger partial charge in [-0.25, -0.2) is 0 Å². The van der Waals surface area contributed by atoms with Gasteiger partial charge in [0.15, 0.2) is 0 Å². The number of hydrogen-bond acceptors (Lipinski definition) is 0. The molecule has 2 rings (SSSR count). The second-order valence-electron chi connectivity index (χ2n) is 7.55. The van der Waals surface area contributed by atoms with Crippen molar-refractivity contribution >= 4 is 0 Å². The fourth-order valence-electron chi connectivity index (χ4n) is 3.52. The van der Waals surface area contributed by atoms with E-state index in [0.29, 0.717) is 0 Å². The standard InChI is InChI=1S/C25H36/c1-4-5-6-7-8-9-10-13-23-15-17-24(18-16-23)19-20-25-14-11-12-21(2)22(25)3/h11-12,14-18H,4-10,13,19-20H2,1-3H3. The summed E-state index contributed by atoms with van der Waals surface area (Å²) in [5.74, 6) is 0. The van der Waals surface area contributed by atoms with Crippen molar-refractivity contribution in [3.8, 4) is 0 Å². The van der Waals surface area contributed by atoms with E-state index >= 15 is 0 Å². The Morgan fingerprint density at radius 1 is 0.600 bits per heavy atom. The Labute approximate surface area is 155 Å². The van der Waals surface area contributed by atoms with Crippen molar-refractivity contribution in [3.63, 3.8) is 0 Å². The van der Waals surface area contributed by atoms with Crippen LogP contribution in [0.5, 0.6) is 0 Å². The summed E-state index contributed by atoms with van der Waals surface area (Å²) in [6, 6.07) is 16.0. The van der Waals surface area contributed by atoms with Gasteiger partial charge < -0.3 is 0 Å². The monoisotopic (exact) mass is 336 g/mol. The largest absolute Gasteiger partial charge is 0.0654 e. The Morgan fingerprint density at radius 2 is 1.20 bits per heavy atom. The molecule has 0 heteroatoms. The number of hydrogen-bond donors (Lipinski definition) is 0. The lowest BCUT2D eigenvalue weighted by Crippen LogP contribution is -1.96. The van der Waals surface area contributed by atoms with Crippen LogP contribution in [0.1, 0.15) is 79.7 Å². The lowest BCUT2D eigenvalue weighted by Gasteiger charge is -2.09. The quantitative estimate of drug-likeness (QED) is 0.375. The molecule has 25 heavy (non-hydrogen) atoms. The molecule has 0 heterocycles. The minimum Gasteiger partial charge on any atom is -0.0654 e. The van der Waals surface area contributed by atoms with Crippen LogP contribution in [-0.4, -0.2) is 0 Å². The lowest BCUT2D eigenvalue weighted by molar-refractivity contribution is 0.589. The topological polar surface area (TPSA) is 0 Å². The summed E-state index contributed by atoms with van der Waals surface area (Å²) in [6.07, 6.45) is 13.3. The third kappa shape index (κ3) is 7.06. The molecule has 2 aromatic carbocycles. The molecular weight excluding hydrogens is 300 g/mol. The average molecular weight is 337 g/mol. The van der Waals surface area contributed by atoms with Crippen molar-refractivity contribution in [2.45, 2.75) is 85.0 Å². The van der Waals surface area contributed by atoms with E-state index in [1.807, 2.05) is 0 Å². The van der Waals surface area contributed by atoms with E-state index in [1.54, 1.807) is 0 Å². The van der Waals surface area contributed by atoms with Gasteiger partial charge >= 0.3 is 0 Å². The highest BCUT2D eigenvalue weighted by Crippen LogP contribution is 2.16. The number of unbranched alkanes of at least 4 members (excludes halogenated alkanes) is 6. The Bertz CT molecular complexity index is 606. The van der Waals surface area contributed by atoms with Crippen molar-refractivity contribution in [1.82, 2.24) is 0 Å². The summed E-state index contributed by atoms with van der Waals surface area (Å²) >= 11 is 0. The number of benzene rings is 2. The van der Waals surface area contributed by atoms with Gasteiger partial charge in [0.25, 0.3) is 0 Å². The number of aryl methyl sites for hydroxylation is 4. The van der Waals surface area contributed by atoms with Gasteiger partial charge in [-0.15, -0.1) is 0 Å². The van der Waals surface area contributed by atoms with Crippen LogP contribution in [0.2, 0.25) is 0 Å². The van der Waals surface area contributed by atoms with E-state index in [-0.39, 0.29) is 0 Å². The molecule has 0 aliphatic rings. The molecule has 0 bridgehead atoms. The van der Waals surface area contributed by atoms with E-state index in [1.165, 1.54) is 79.2 Å². The summed E-state index contributed by atoms with van der Waals surface area (Å²) in [6.45, 7) is 6.74. The molecule has 2 aromatic rings. The van der Waals surface area contributed by atoms with Crippen LogP contribution in [0, 0.1) is 13.8 Å². The second-order valence-corrected chi connectivity index (χ2v) is 7.55. The summed E-state index contributed by atoms with van der Waals surface area (Å²) in [4.78, 5) is 0. The molecule has 0 aliphatic carbocycles. The molecule has 0 spiro atoms. The summed E-state index contributed by atoms with van der Waals surface area (Å²) in [5, 5.41) is 0. The minimum atomic E-state index is 1.14. The van der Waals surface area contributed by atoms with Crippen LogP contribution < -0.4 is 0 Å². The number of rotatable bonds is 11. The highest BCUT2D eigenvalue weighted by Gasteiger charge is 2.02. The van der Waals surface area contributed by atoms with Crippen molar-refractivity contribution in [3.05, 3.63) is 70.3 Å². The van der Waals surface area contributed by atoms with Gasteiger partial charge in [0.1, 0.15) is 0 Å². The molecule has 0 aliphatic heterocycles. The molecule has 0 N–H and O–H groups in total. The maximum atomic E-state index is 2.34. The first kappa shape index (κ1) is 19.8. The molecule has 0 fully saturated rings. The van der Waals surface area contributed by atoms with E-state index < -0.39 is 0 Å². The van der Waals surface area contributed by atoms with Crippen LogP contribution in [0.3, 0.4) is 0 Å². The predicted molar refractivity (Wildman–Crippen MR) is 111 cm³/mol. The van der Waals surface area contributed by atoms with Crippen LogP contribution in [0.25, 0.3) is 0 Å². The Morgan fingerprint density at radius 3 is 1.88 bits per heavy atom. The first-order chi connectivity index (χ1) is 12.2. The first-order valence-electron chi connectivity index (χ1n) is 10.3. The smallest absolute Gasteiger partial charge is 0.0236 e. The minimum absolute atomic E-state index is 1.14. The maximum absolute atomic E-state index is 2.34. The Kier molecular flexibility index (Phi) is 8.80. The van der Waals surface area contributed by atoms with Crippen molar-refractivity contribution < 1.29 is 0 Å². The highest BCUT2D eigenvalue weighted by molar-refractivity contribution is 5.34. The van der Waals surface area contributed by atoms with E-state index in [4.69, 9.17) is 0 Å². The van der Waals surface area contributed by atoms with Crippen molar-refractivity contribution in [2.75, 3.05) is 0 Å². The molecule has 0 saturated carbocycles. The normalized spacial score (nSPS) is 11.0. The van der Waals surface area contributed by atoms with Crippen LogP contribution >= 0.6 is 0 Å². The molecule has 0 atom stereocenters. The first-order valence-corrected chi connectivity index (χ1v) is 10.3. The lowest BCUT2D eigenvalue weighted by atomic mass is 9.97. The molecule has 0 nitrogen and oxygen atoms in total. The van der Waals surface area contributed by atoms with Gasteiger partial charge in [-0.05, 0) is 67.3 Å². The molecular formula is C25H36. The Hall–Kier alpha value is -1.56. The van der Waals surface area contributed by atoms with E-state index in [0.717, 1.165) is 12.8 Å². The van der Waals surface area contributed by atoms with Crippen LogP contribution in [0.4, 0.5) is 0 Å². The fraction of sp³-hybridized carbons (Fsp3) is 0.520. The van der Waals surface area contributed by atoms with Gasteiger partial charge in [0.05, 0.1) is 0 Å². The molecule has 0 unspecified atom stereocenters.